The van der Waals surface area contributed by atoms with Gasteiger partial charge in [-0.05, 0) is 29.8 Å². The molecule has 0 heterocycles. The maximum absolute atomic E-state index is 10.7. The van der Waals surface area contributed by atoms with Gasteiger partial charge >= 0.3 is 0 Å². The number of carbonyl (C=O) groups is 1. The third-order valence-electron chi connectivity index (χ3n) is 1.31. The molecule has 0 fully saturated rings. The molecular weight excluding hydrogens is 201 g/mol. The first-order valence-electron chi connectivity index (χ1n) is 3.04. The number of hydrogen-bond acceptors (Lipinski definition) is 3. The summed E-state index contributed by atoms with van der Waals surface area (Å²) >= 11 is 10.8. The van der Waals surface area contributed by atoms with Gasteiger partial charge in [-0.2, -0.15) is 0 Å². The summed E-state index contributed by atoms with van der Waals surface area (Å²) in [6.45, 7) is 0. The molecule has 12 heavy (non-hydrogen) atoms. The van der Waals surface area contributed by atoms with Crippen LogP contribution in [-0.4, -0.2) is 10.4 Å². The Labute approximate surface area is 78.9 Å². The minimum Gasteiger partial charge on any atom is -0.291 e. The molecule has 0 radical (unpaired) electrons. The normalized spacial score (nSPS) is 9.58. The zero-order valence-electron chi connectivity index (χ0n) is 5.84. The lowest BCUT2D eigenvalue weighted by Crippen LogP contribution is -1.94. The minimum absolute atomic E-state index is 0.164. The SMILES string of the molecule is O=C(Cl)c1cc(NO)ccc1Cl. The fraction of sp³-hybridized carbons (Fsp3) is 0. The number of rotatable bonds is 2. The summed E-state index contributed by atoms with van der Waals surface area (Å²) in [7, 11) is 0. The first kappa shape index (κ1) is 9.32. The Morgan fingerprint density at radius 3 is 2.67 bits per heavy atom. The summed E-state index contributed by atoms with van der Waals surface area (Å²) in [5, 5.41) is 8.09. The van der Waals surface area contributed by atoms with Gasteiger partial charge in [0.15, 0.2) is 0 Å². The zero-order valence-corrected chi connectivity index (χ0v) is 7.36. The van der Waals surface area contributed by atoms with Crippen molar-refractivity contribution < 1.29 is 10.0 Å². The van der Waals surface area contributed by atoms with Gasteiger partial charge in [-0.25, -0.2) is 0 Å². The first-order valence-corrected chi connectivity index (χ1v) is 3.80. The van der Waals surface area contributed by atoms with E-state index in [1.165, 1.54) is 18.2 Å². The Balaban J connectivity index is 3.17. The van der Waals surface area contributed by atoms with Crippen LogP contribution < -0.4 is 5.48 Å². The lowest BCUT2D eigenvalue weighted by Gasteiger charge is -2.01. The topological polar surface area (TPSA) is 49.3 Å². The third kappa shape index (κ3) is 1.88. The van der Waals surface area contributed by atoms with Gasteiger partial charge in [0.05, 0.1) is 16.3 Å². The van der Waals surface area contributed by atoms with Gasteiger partial charge in [-0.15, -0.1) is 0 Å². The van der Waals surface area contributed by atoms with Gasteiger partial charge in [0.2, 0.25) is 0 Å². The van der Waals surface area contributed by atoms with Crippen LogP contribution in [0.25, 0.3) is 0 Å². The van der Waals surface area contributed by atoms with Gasteiger partial charge < -0.3 is 0 Å². The molecule has 0 aliphatic carbocycles. The van der Waals surface area contributed by atoms with Crippen LogP contribution in [0.5, 0.6) is 0 Å². The molecule has 0 saturated carbocycles. The molecule has 2 N–H and O–H groups in total. The molecule has 0 aliphatic rings. The van der Waals surface area contributed by atoms with Gasteiger partial charge in [0.25, 0.3) is 5.24 Å². The molecule has 0 atom stereocenters. The van der Waals surface area contributed by atoms with Crippen LogP contribution in [0.3, 0.4) is 0 Å². The van der Waals surface area contributed by atoms with E-state index in [2.05, 4.69) is 0 Å². The molecule has 0 unspecified atom stereocenters. The van der Waals surface area contributed by atoms with E-state index in [-0.39, 0.29) is 10.6 Å². The largest absolute Gasteiger partial charge is 0.291 e. The smallest absolute Gasteiger partial charge is 0.253 e. The van der Waals surface area contributed by atoms with Crippen molar-refractivity contribution in [2.24, 2.45) is 0 Å². The Morgan fingerprint density at radius 1 is 1.50 bits per heavy atom. The van der Waals surface area contributed by atoms with Crippen LogP contribution in [0, 0.1) is 0 Å². The number of hydrogen-bond donors (Lipinski definition) is 2. The van der Waals surface area contributed by atoms with Gasteiger partial charge in [-0.3, -0.25) is 15.5 Å². The molecule has 1 aromatic rings. The highest BCUT2D eigenvalue weighted by molar-refractivity contribution is 6.68. The standard InChI is InChI=1S/C7H5Cl2NO2/c8-6-2-1-4(10-12)3-5(6)7(9)11/h1-3,10,12H. The zero-order chi connectivity index (χ0) is 9.14. The summed E-state index contributed by atoms with van der Waals surface area (Å²) < 4.78 is 0. The molecule has 64 valence electrons. The van der Waals surface area contributed by atoms with E-state index in [1.807, 2.05) is 5.48 Å². The van der Waals surface area contributed by atoms with Gasteiger partial charge in [0.1, 0.15) is 0 Å². The van der Waals surface area contributed by atoms with Gasteiger partial charge in [0, 0.05) is 0 Å². The summed E-state index contributed by atoms with van der Waals surface area (Å²) in [5.74, 6) is 0. The van der Waals surface area contributed by atoms with Crippen molar-refractivity contribution >= 4 is 34.1 Å². The van der Waals surface area contributed by atoms with Crippen LogP contribution in [0.4, 0.5) is 5.69 Å². The predicted molar refractivity (Wildman–Crippen MR) is 47.0 cm³/mol. The molecule has 0 amide bonds. The summed E-state index contributed by atoms with van der Waals surface area (Å²) in [4.78, 5) is 10.7. The van der Waals surface area contributed by atoms with E-state index in [0.717, 1.165) is 0 Å². The quantitative estimate of drug-likeness (QED) is 0.577. The number of anilines is 1. The highest BCUT2D eigenvalue weighted by atomic mass is 35.5. The van der Waals surface area contributed by atoms with Crippen molar-refractivity contribution in [1.29, 1.82) is 0 Å². The lowest BCUT2D eigenvalue weighted by atomic mass is 10.2. The van der Waals surface area contributed by atoms with Crippen molar-refractivity contribution in [2.75, 3.05) is 5.48 Å². The van der Waals surface area contributed by atoms with Crippen LogP contribution >= 0.6 is 23.2 Å². The van der Waals surface area contributed by atoms with Crippen LogP contribution in [0.1, 0.15) is 10.4 Å². The average molecular weight is 206 g/mol. The monoisotopic (exact) mass is 205 g/mol. The predicted octanol–water partition coefficient (Wildman–Crippen LogP) is 2.52. The lowest BCUT2D eigenvalue weighted by molar-refractivity contribution is 0.108. The van der Waals surface area contributed by atoms with E-state index in [0.29, 0.717) is 5.69 Å². The third-order valence-corrected chi connectivity index (χ3v) is 1.84. The molecule has 0 bridgehead atoms. The van der Waals surface area contributed by atoms with Crippen LogP contribution in [-0.2, 0) is 0 Å². The number of carbonyl (C=O) groups excluding carboxylic acids is 1. The van der Waals surface area contributed by atoms with E-state index < -0.39 is 5.24 Å². The fourth-order valence-corrected chi connectivity index (χ4v) is 1.15. The van der Waals surface area contributed by atoms with Crippen molar-refractivity contribution in [3.05, 3.63) is 28.8 Å². The molecule has 0 aromatic heterocycles. The van der Waals surface area contributed by atoms with Crippen LogP contribution in [0.2, 0.25) is 5.02 Å². The van der Waals surface area contributed by atoms with Crippen molar-refractivity contribution in [2.45, 2.75) is 0 Å². The minimum atomic E-state index is -0.655. The molecule has 1 aromatic carbocycles. The second-order valence-corrected chi connectivity index (χ2v) is 2.83. The maximum Gasteiger partial charge on any atom is 0.253 e. The second kappa shape index (κ2) is 3.76. The van der Waals surface area contributed by atoms with Crippen molar-refractivity contribution in [3.63, 3.8) is 0 Å². The van der Waals surface area contributed by atoms with E-state index >= 15 is 0 Å². The fourth-order valence-electron chi connectivity index (χ4n) is 0.745. The Kier molecular flexibility index (Phi) is 2.92. The number of nitrogens with one attached hydrogen (secondary N) is 1. The Bertz CT molecular complexity index is 314. The molecule has 0 spiro atoms. The second-order valence-electron chi connectivity index (χ2n) is 2.08. The molecular formula is C7H5Cl2NO2. The maximum atomic E-state index is 10.7. The number of benzene rings is 1. The first-order chi connectivity index (χ1) is 5.65. The highest BCUT2D eigenvalue weighted by Crippen LogP contribution is 2.21. The molecule has 0 aliphatic heterocycles. The average Bonchev–Trinajstić information content (AvgIpc) is 2.05. The van der Waals surface area contributed by atoms with Crippen molar-refractivity contribution in [3.8, 4) is 0 Å². The number of halogens is 2. The van der Waals surface area contributed by atoms with Crippen molar-refractivity contribution in [1.82, 2.24) is 0 Å². The van der Waals surface area contributed by atoms with E-state index in [4.69, 9.17) is 28.4 Å². The summed E-state index contributed by atoms with van der Waals surface area (Å²) in [6, 6.07) is 4.35. The Hall–Kier alpha value is -0.770. The molecule has 1 rings (SSSR count). The molecule has 0 saturated heterocycles. The summed E-state index contributed by atoms with van der Waals surface area (Å²) in [6.07, 6.45) is 0. The highest BCUT2D eigenvalue weighted by Gasteiger charge is 2.07. The van der Waals surface area contributed by atoms with E-state index in [9.17, 15) is 4.79 Å². The van der Waals surface area contributed by atoms with Crippen LogP contribution in [0.15, 0.2) is 18.2 Å². The Morgan fingerprint density at radius 2 is 2.17 bits per heavy atom. The van der Waals surface area contributed by atoms with Gasteiger partial charge in [-0.1, -0.05) is 11.6 Å². The molecule has 3 nitrogen and oxygen atoms in total. The van der Waals surface area contributed by atoms with E-state index in [1.54, 1.807) is 0 Å². The molecule has 5 heteroatoms. The summed E-state index contributed by atoms with van der Waals surface area (Å²) in [5.41, 5.74) is 2.41.